The Morgan fingerprint density at radius 1 is 1.00 bits per heavy atom. The number of hydrogen-bond acceptors (Lipinski definition) is 4. The van der Waals surface area contributed by atoms with Gasteiger partial charge in [0.05, 0.1) is 10.8 Å². The minimum Gasteiger partial charge on any atom is -0.489 e. The number of nitrogens with zero attached hydrogens (tertiary/aromatic N) is 1. The van der Waals surface area contributed by atoms with Gasteiger partial charge >= 0.3 is 0 Å². The van der Waals surface area contributed by atoms with Crippen LogP contribution < -0.4 is 10.1 Å². The van der Waals surface area contributed by atoms with Gasteiger partial charge in [0.2, 0.25) is 15.9 Å². The van der Waals surface area contributed by atoms with E-state index in [1.54, 1.807) is 36.4 Å². The summed E-state index contributed by atoms with van der Waals surface area (Å²) < 4.78 is 33.2. The fraction of sp³-hybridized carbons (Fsp3) is 0.269. The highest BCUT2D eigenvalue weighted by Crippen LogP contribution is 2.25. The van der Waals surface area contributed by atoms with E-state index in [9.17, 15) is 13.2 Å². The number of ether oxygens (including phenoxy) is 1. The van der Waals surface area contributed by atoms with Gasteiger partial charge in [-0.25, -0.2) is 8.42 Å². The highest BCUT2D eigenvalue weighted by molar-refractivity contribution is 7.89. The van der Waals surface area contributed by atoms with Crippen LogP contribution in [0.4, 0.5) is 5.69 Å². The number of nitrogens with one attached hydrogen (secondary N) is 1. The van der Waals surface area contributed by atoms with E-state index in [0.29, 0.717) is 37.4 Å². The SMILES string of the molecule is Cc1ccc(S(=O)(=O)N2CCC[C@H](C(=O)Nc3ccc(OCc4ccccc4)cc3)C2)cc1. The summed E-state index contributed by atoms with van der Waals surface area (Å²) in [5.41, 5.74) is 2.74. The molecule has 0 bridgehead atoms. The van der Waals surface area contributed by atoms with Crippen molar-refractivity contribution in [2.75, 3.05) is 18.4 Å². The summed E-state index contributed by atoms with van der Waals surface area (Å²) >= 11 is 0. The Bertz CT molecular complexity index is 1180. The van der Waals surface area contributed by atoms with E-state index in [0.717, 1.165) is 11.1 Å². The average molecular weight is 465 g/mol. The third-order valence-corrected chi connectivity index (χ3v) is 7.66. The molecule has 0 unspecified atom stereocenters. The van der Waals surface area contributed by atoms with Gasteiger partial charge in [-0.2, -0.15) is 4.31 Å². The largest absolute Gasteiger partial charge is 0.489 e. The van der Waals surface area contributed by atoms with Crippen LogP contribution in [-0.4, -0.2) is 31.7 Å². The molecule has 1 aliphatic heterocycles. The van der Waals surface area contributed by atoms with E-state index in [-0.39, 0.29) is 17.3 Å². The summed E-state index contributed by atoms with van der Waals surface area (Å²) in [6.07, 6.45) is 1.31. The molecule has 3 aromatic rings. The molecule has 0 saturated carbocycles. The van der Waals surface area contributed by atoms with Gasteiger partial charge in [0.25, 0.3) is 0 Å². The van der Waals surface area contributed by atoms with Gasteiger partial charge in [0.15, 0.2) is 0 Å². The molecule has 33 heavy (non-hydrogen) atoms. The normalized spacial score (nSPS) is 16.8. The number of anilines is 1. The predicted molar refractivity (Wildman–Crippen MR) is 129 cm³/mol. The summed E-state index contributed by atoms with van der Waals surface area (Å²) in [4.78, 5) is 13.1. The van der Waals surface area contributed by atoms with Crippen LogP contribution in [0.3, 0.4) is 0 Å². The van der Waals surface area contributed by atoms with Crippen LogP contribution in [0.15, 0.2) is 83.8 Å². The average Bonchev–Trinajstić information content (AvgIpc) is 2.84. The number of rotatable bonds is 7. The Kier molecular flexibility index (Phi) is 7.11. The first kappa shape index (κ1) is 23.0. The van der Waals surface area contributed by atoms with Gasteiger partial charge < -0.3 is 10.1 Å². The maximum Gasteiger partial charge on any atom is 0.243 e. The molecule has 1 heterocycles. The first-order valence-electron chi connectivity index (χ1n) is 11.1. The van der Waals surface area contributed by atoms with Crippen LogP contribution in [0, 0.1) is 12.8 Å². The summed E-state index contributed by atoms with van der Waals surface area (Å²) in [5, 5.41) is 2.92. The third kappa shape index (κ3) is 5.80. The summed E-state index contributed by atoms with van der Waals surface area (Å²) in [6, 6.07) is 23.9. The zero-order chi connectivity index (χ0) is 23.3. The van der Waals surface area contributed by atoms with Gasteiger partial charge in [0, 0.05) is 18.8 Å². The topological polar surface area (TPSA) is 75.7 Å². The van der Waals surface area contributed by atoms with E-state index in [1.807, 2.05) is 49.4 Å². The lowest BCUT2D eigenvalue weighted by Crippen LogP contribution is -2.43. The van der Waals surface area contributed by atoms with Crippen LogP contribution in [-0.2, 0) is 21.4 Å². The van der Waals surface area contributed by atoms with Crippen LogP contribution in [0.1, 0.15) is 24.0 Å². The molecule has 0 aromatic heterocycles. The van der Waals surface area contributed by atoms with E-state index in [4.69, 9.17) is 4.74 Å². The minimum atomic E-state index is -3.62. The lowest BCUT2D eigenvalue weighted by atomic mass is 9.99. The second kappa shape index (κ2) is 10.2. The maximum absolute atomic E-state index is 13.0. The van der Waals surface area contributed by atoms with E-state index in [2.05, 4.69) is 5.32 Å². The third-order valence-electron chi connectivity index (χ3n) is 5.78. The second-order valence-corrected chi connectivity index (χ2v) is 10.2. The second-order valence-electron chi connectivity index (χ2n) is 8.30. The first-order chi connectivity index (χ1) is 15.9. The molecule has 1 fully saturated rings. The highest BCUT2D eigenvalue weighted by Gasteiger charge is 2.33. The number of piperidine rings is 1. The summed E-state index contributed by atoms with van der Waals surface area (Å²) in [5.74, 6) is 0.148. The highest BCUT2D eigenvalue weighted by atomic mass is 32.2. The van der Waals surface area contributed by atoms with Crippen molar-refractivity contribution in [3.05, 3.63) is 90.0 Å². The van der Waals surface area contributed by atoms with Gasteiger partial charge in [-0.05, 0) is 61.7 Å². The fourth-order valence-corrected chi connectivity index (χ4v) is 5.38. The van der Waals surface area contributed by atoms with Crippen molar-refractivity contribution in [2.45, 2.75) is 31.3 Å². The molecule has 3 aromatic carbocycles. The Labute approximate surface area is 195 Å². The summed E-state index contributed by atoms with van der Waals surface area (Å²) in [6.45, 7) is 2.99. The zero-order valence-electron chi connectivity index (χ0n) is 18.6. The quantitative estimate of drug-likeness (QED) is 0.554. The molecule has 7 heteroatoms. The molecule has 1 N–H and O–H groups in total. The van der Waals surface area contributed by atoms with Gasteiger partial charge in [-0.1, -0.05) is 48.0 Å². The molecule has 1 aliphatic rings. The first-order valence-corrected chi connectivity index (χ1v) is 12.5. The van der Waals surface area contributed by atoms with Crippen LogP contribution in [0.2, 0.25) is 0 Å². The van der Waals surface area contributed by atoms with E-state index >= 15 is 0 Å². The van der Waals surface area contributed by atoms with Crippen LogP contribution in [0.5, 0.6) is 5.75 Å². The molecule has 1 atom stereocenters. The number of aryl methyl sites for hydroxylation is 1. The number of amides is 1. The van der Waals surface area contributed by atoms with Gasteiger partial charge in [-0.3, -0.25) is 4.79 Å². The Morgan fingerprint density at radius 2 is 1.70 bits per heavy atom. The maximum atomic E-state index is 13.0. The molecular weight excluding hydrogens is 436 g/mol. The minimum absolute atomic E-state index is 0.170. The number of benzene rings is 3. The Morgan fingerprint density at radius 3 is 2.39 bits per heavy atom. The Hall–Kier alpha value is -3.16. The van der Waals surface area contributed by atoms with Gasteiger partial charge in [0.1, 0.15) is 12.4 Å². The van der Waals surface area contributed by atoms with Crippen molar-refractivity contribution >= 4 is 21.6 Å². The molecule has 0 spiro atoms. The molecule has 6 nitrogen and oxygen atoms in total. The lowest BCUT2D eigenvalue weighted by Gasteiger charge is -2.31. The molecule has 4 rings (SSSR count). The number of carbonyl (C=O) groups excluding carboxylic acids is 1. The number of carbonyl (C=O) groups is 1. The monoisotopic (exact) mass is 464 g/mol. The molecule has 172 valence electrons. The van der Waals surface area contributed by atoms with Crippen LogP contribution >= 0.6 is 0 Å². The van der Waals surface area contributed by atoms with Crippen molar-refractivity contribution < 1.29 is 17.9 Å². The van der Waals surface area contributed by atoms with Crippen molar-refractivity contribution in [2.24, 2.45) is 5.92 Å². The standard InChI is InChI=1S/C26H28N2O4S/c1-20-9-15-25(16-10-20)33(30,31)28-17-5-8-22(18-28)26(29)27-23-11-13-24(14-12-23)32-19-21-6-3-2-4-7-21/h2-4,6-7,9-16,22H,5,8,17-19H2,1H3,(H,27,29)/t22-/m0/s1. The van der Waals surface area contributed by atoms with Gasteiger partial charge in [-0.15, -0.1) is 0 Å². The molecule has 0 aliphatic carbocycles. The van der Waals surface area contributed by atoms with Crippen molar-refractivity contribution in [3.8, 4) is 5.75 Å². The van der Waals surface area contributed by atoms with Crippen molar-refractivity contribution in [3.63, 3.8) is 0 Å². The Balaban J connectivity index is 1.34. The molecule has 0 radical (unpaired) electrons. The van der Waals surface area contributed by atoms with Crippen molar-refractivity contribution in [1.82, 2.24) is 4.31 Å². The van der Waals surface area contributed by atoms with E-state index in [1.165, 1.54) is 4.31 Å². The number of sulfonamides is 1. The molecular formula is C26H28N2O4S. The zero-order valence-corrected chi connectivity index (χ0v) is 19.4. The fourth-order valence-electron chi connectivity index (χ4n) is 3.85. The van der Waals surface area contributed by atoms with Crippen molar-refractivity contribution in [1.29, 1.82) is 0 Å². The lowest BCUT2D eigenvalue weighted by molar-refractivity contribution is -0.120. The smallest absolute Gasteiger partial charge is 0.243 e. The van der Waals surface area contributed by atoms with E-state index < -0.39 is 15.9 Å². The van der Waals surface area contributed by atoms with Crippen LogP contribution in [0.25, 0.3) is 0 Å². The number of hydrogen-bond donors (Lipinski definition) is 1. The summed E-state index contributed by atoms with van der Waals surface area (Å²) in [7, 11) is -3.62. The molecule has 1 saturated heterocycles. The molecule has 1 amide bonds. The predicted octanol–water partition coefficient (Wildman–Crippen LogP) is 4.61.